The Morgan fingerprint density at radius 2 is 1.70 bits per heavy atom. The van der Waals surface area contributed by atoms with Crippen LogP contribution in [0.15, 0.2) is 0 Å². The van der Waals surface area contributed by atoms with Gasteiger partial charge in [-0.3, -0.25) is 0 Å². The zero-order valence-corrected chi connectivity index (χ0v) is 6.84. The van der Waals surface area contributed by atoms with E-state index in [9.17, 15) is 0 Å². The SMILES string of the molecule is C#N.CCC1CCCCC1. The average Bonchev–Trinajstić information content (AvgIpc) is 2.10. The van der Waals surface area contributed by atoms with Crippen molar-refractivity contribution in [2.75, 3.05) is 0 Å². The quantitative estimate of drug-likeness (QED) is 0.547. The van der Waals surface area contributed by atoms with Gasteiger partial charge in [-0.05, 0) is 5.92 Å². The highest BCUT2D eigenvalue weighted by Crippen LogP contribution is 2.25. The summed E-state index contributed by atoms with van der Waals surface area (Å²) in [6.45, 7) is 5.82. The van der Waals surface area contributed by atoms with E-state index in [-0.39, 0.29) is 0 Å². The van der Waals surface area contributed by atoms with E-state index in [0.29, 0.717) is 0 Å². The zero-order valence-electron chi connectivity index (χ0n) is 6.84. The van der Waals surface area contributed by atoms with Crippen molar-refractivity contribution in [3.63, 3.8) is 0 Å². The van der Waals surface area contributed by atoms with Crippen LogP contribution in [0.5, 0.6) is 0 Å². The molecule has 1 nitrogen and oxygen atoms in total. The number of nitriles is 1. The second kappa shape index (κ2) is 6.61. The maximum absolute atomic E-state index is 6.50. The Hall–Kier alpha value is -0.510. The lowest BCUT2D eigenvalue weighted by Gasteiger charge is -2.18. The van der Waals surface area contributed by atoms with Gasteiger partial charge in [0.2, 0.25) is 0 Å². The molecule has 1 aliphatic rings. The van der Waals surface area contributed by atoms with E-state index in [0.717, 1.165) is 5.92 Å². The van der Waals surface area contributed by atoms with Crippen molar-refractivity contribution in [3.05, 3.63) is 0 Å². The highest BCUT2D eigenvalue weighted by Gasteiger charge is 2.09. The van der Waals surface area contributed by atoms with Crippen LogP contribution in [-0.4, -0.2) is 0 Å². The molecule has 0 heterocycles. The number of rotatable bonds is 1. The summed E-state index contributed by atoms with van der Waals surface area (Å²) in [4.78, 5) is 0. The summed E-state index contributed by atoms with van der Waals surface area (Å²) < 4.78 is 0. The number of hydrogen-bond donors (Lipinski definition) is 0. The molecule has 0 bridgehead atoms. The van der Waals surface area contributed by atoms with Crippen LogP contribution in [0.1, 0.15) is 45.4 Å². The Morgan fingerprint density at radius 1 is 1.20 bits per heavy atom. The van der Waals surface area contributed by atoms with Crippen LogP contribution < -0.4 is 0 Å². The van der Waals surface area contributed by atoms with E-state index in [2.05, 4.69) is 13.5 Å². The second-order valence-corrected chi connectivity index (χ2v) is 2.91. The van der Waals surface area contributed by atoms with Gasteiger partial charge in [0, 0.05) is 6.57 Å². The average molecular weight is 139 g/mol. The molecule has 58 valence electrons. The minimum atomic E-state index is 1.09. The fraction of sp³-hybridized carbons (Fsp3) is 0.889. The van der Waals surface area contributed by atoms with E-state index >= 15 is 0 Å². The van der Waals surface area contributed by atoms with Crippen LogP contribution in [0.2, 0.25) is 0 Å². The molecular weight excluding hydrogens is 122 g/mol. The molecule has 0 radical (unpaired) electrons. The Labute approximate surface area is 64.1 Å². The molecule has 0 atom stereocenters. The predicted octanol–water partition coefficient (Wildman–Crippen LogP) is 3.12. The molecular formula is C9H17N. The molecule has 10 heavy (non-hydrogen) atoms. The molecule has 1 rings (SSSR count). The lowest BCUT2D eigenvalue weighted by atomic mass is 9.88. The summed E-state index contributed by atoms with van der Waals surface area (Å²) in [5.74, 6) is 1.09. The first-order valence-corrected chi connectivity index (χ1v) is 4.19. The maximum atomic E-state index is 6.50. The van der Waals surface area contributed by atoms with Gasteiger partial charge in [0.05, 0.1) is 0 Å². The van der Waals surface area contributed by atoms with Gasteiger partial charge in [0.1, 0.15) is 0 Å². The van der Waals surface area contributed by atoms with Crippen LogP contribution in [0.25, 0.3) is 0 Å². The van der Waals surface area contributed by atoms with Crippen molar-refractivity contribution in [2.24, 2.45) is 5.92 Å². The molecule has 0 amide bonds. The summed E-state index contributed by atoms with van der Waals surface area (Å²) in [5.41, 5.74) is 0. The summed E-state index contributed by atoms with van der Waals surface area (Å²) in [6, 6.07) is 0. The van der Waals surface area contributed by atoms with Gasteiger partial charge in [-0.1, -0.05) is 45.4 Å². The van der Waals surface area contributed by atoms with E-state index in [1.54, 1.807) is 0 Å². The summed E-state index contributed by atoms with van der Waals surface area (Å²) in [6.07, 6.45) is 8.93. The number of nitrogens with zero attached hydrogens (tertiary/aromatic N) is 1. The van der Waals surface area contributed by atoms with Gasteiger partial charge in [0.25, 0.3) is 0 Å². The third-order valence-corrected chi connectivity index (χ3v) is 2.30. The van der Waals surface area contributed by atoms with Gasteiger partial charge in [-0.15, -0.1) is 0 Å². The minimum Gasteiger partial charge on any atom is -0.202 e. The van der Waals surface area contributed by atoms with E-state index < -0.39 is 0 Å². The molecule has 0 aromatic rings. The first-order valence-electron chi connectivity index (χ1n) is 4.19. The third kappa shape index (κ3) is 3.50. The first kappa shape index (κ1) is 9.49. The van der Waals surface area contributed by atoms with Crippen molar-refractivity contribution >= 4 is 0 Å². The molecule has 0 saturated heterocycles. The molecule has 1 saturated carbocycles. The Kier molecular flexibility index (Phi) is 6.27. The smallest absolute Gasteiger partial charge is 0.0462 e. The van der Waals surface area contributed by atoms with E-state index in [4.69, 9.17) is 5.26 Å². The van der Waals surface area contributed by atoms with Crippen LogP contribution in [-0.2, 0) is 0 Å². The van der Waals surface area contributed by atoms with Gasteiger partial charge in [0.15, 0.2) is 0 Å². The molecule has 0 N–H and O–H groups in total. The van der Waals surface area contributed by atoms with E-state index in [1.807, 2.05) is 0 Å². The third-order valence-electron chi connectivity index (χ3n) is 2.30. The lowest BCUT2D eigenvalue weighted by molar-refractivity contribution is 0.349. The summed E-state index contributed by atoms with van der Waals surface area (Å²) in [7, 11) is 0. The van der Waals surface area contributed by atoms with Crippen molar-refractivity contribution in [1.29, 1.82) is 5.26 Å². The Morgan fingerprint density at radius 3 is 2.00 bits per heavy atom. The van der Waals surface area contributed by atoms with Crippen LogP contribution >= 0.6 is 0 Å². The van der Waals surface area contributed by atoms with Gasteiger partial charge in [-0.25, -0.2) is 5.26 Å². The minimum absolute atomic E-state index is 1.09. The molecule has 1 fully saturated rings. The van der Waals surface area contributed by atoms with Crippen molar-refractivity contribution in [3.8, 4) is 6.57 Å². The molecule has 0 aromatic heterocycles. The zero-order chi connectivity index (χ0) is 7.82. The lowest BCUT2D eigenvalue weighted by Crippen LogP contribution is -2.03. The molecule has 1 heteroatoms. The van der Waals surface area contributed by atoms with Gasteiger partial charge in [-0.2, -0.15) is 0 Å². The summed E-state index contributed by atoms with van der Waals surface area (Å²) >= 11 is 0. The van der Waals surface area contributed by atoms with Gasteiger partial charge < -0.3 is 0 Å². The van der Waals surface area contributed by atoms with Crippen molar-refractivity contribution in [1.82, 2.24) is 0 Å². The van der Waals surface area contributed by atoms with Crippen LogP contribution in [0, 0.1) is 17.8 Å². The Balaban J connectivity index is 0.000000371. The van der Waals surface area contributed by atoms with Crippen LogP contribution in [0.3, 0.4) is 0 Å². The van der Waals surface area contributed by atoms with E-state index in [1.165, 1.54) is 38.5 Å². The molecule has 0 aromatic carbocycles. The highest BCUT2D eigenvalue weighted by molar-refractivity contribution is 4.63. The monoisotopic (exact) mass is 139 g/mol. The molecule has 0 unspecified atom stereocenters. The normalized spacial score (nSPS) is 19.1. The molecule has 0 spiro atoms. The fourth-order valence-electron chi connectivity index (χ4n) is 1.60. The summed E-state index contributed by atoms with van der Waals surface area (Å²) in [5, 5.41) is 6.50. The molecule has 0 aliphatic heterocycles. The van der Waals surface area contributed by atoms with Gasteiger partial charge >= 0.3 is 0 Å². The van der Waals surface area contributed by atoms with Crippen molar-refractivity contribution in [2.45, 2.75) is 45.4 Å². The topological polar surface area (TPSA) is 23.8 Å². The number of hydrogen-bond acceptors (Lipinski definition) is 1. The Bertz CT molecular complexity index is 80.0. The largest absolute Gasteiger partial charge is 0.202 e. The van der Waals surface area contributed by atoms with Crippen molar-refractivity contribution < 1.29 is 0 Å². The first-order chi connectivity index (χ1) is 4.93. The van der Waals surface area contributed by atoms with Crippen LogP contribution in [0.4, 0.5) is 0 Å². The predicted molar refractivity (Wildman–Crippen MR) is 43.5 cm³/mol. The fourth-order valence-corrected chi connectivity index (χ4v) is 1.60. The second-order valence-electron chi connectivity index (χ2n) is 2.91. The standard InChI is InChI=1S/C8H16.CHN/c1-2-8-6-4-3-5-7-8;1-2/h8H,2-7H2,1H3;1H. The maximum Gasteiger partial charge on any atom is 0.0462 e. The molecule has 1 aliphatic carbocycles. The highest BCUT2D eigenvalue weighted by atomic mass is 14.2.